The highest BCUT2D eigenvalue weighted by atomic mass is 16.5. The number of hydrazone groups is 1. The Balaban J connectivity index is 1.33. The lowest BCUT2D eigenvalue weighted by atomic mass is 10.0. The highest BCUT2D eigenvalue weighted by Gasteiger charge is 2.10. The zero-order valence-electron chi connectivity index (χ0n) is 17.6. The Labute approximate surface area is 186 Å². The molecule has 0 unspecified atom stereocenters. The van der Waals surface area contributed by atoms with Crippen LogP contribution in [0.2, 0.25) is 0 Å². The molecule has 5 heteroatoms. The molecule has 0 aliphatic carbocycles. The summed E-state index contributed by atoms with van der Waals surface area (Å²) in [5.74, 6) is -0.151. The van der Waals surface area contributed by atoms with Crippen molar-refractivity contribution in [2.24, 2.45) is 5.10 Å². The van der Waals surface area contributed by atoms with E-state index in [4.69, 9.17) is 4.74 Å². The maximum absolute atomic E-state index is 12.3. The lowest BCUT2D eigenvalue weighted by molar-refractivity contribution is -0.120. The predicted molar refractivity (Wildman–Crippen MR) is 126 cm³/mol. The van der Waals surface area contributed by atoms with Gasteiger partial charge >= 0.3 is 5.97 Å². The first kappa shape index (κ1) is 21.0. The second-order valence-electron chi connectivity index (χ2n) is 7.38. The number of aryl methyl sites for hydroxylation is 1. The van der Waals surface area contributed by atoms with E-state index in [1.54, 1.807) is 42.6 Å². The molecular weight excluding hydrogens is 400 g/mol. The first-order chi connectivity index (χ1) is 15.6. The zero-order valence-corrected chi connectivity index (χ0v) is 17.6. The van der Waals surface area contributed by atoms with E-state index in [9.17, 15) is 9.59 Å². The molecule has 1 N–H and O–H groups in total. The molecule has 5 nitrogen and oxygen atoms in total. The minimum absolute atomic E-state index is 0.193. The Kier molecular flexibility index (Phi) is 6.37. The van der Waals surface area contributed by atoms with Crippen LogP contribution >= 0.6 is 0 Å². The van der Waals surface area contributed by atoms with Gasteiger partial charge in [0.25, 0.3) is 0 Å². The third-order valence-corrected chi connectivity index (χ3v) is 5.09. The molecule has 32 heavy (non-hydrogen) atoms. The van der Waals surface area contributed by atoms with Gasteiger partial charge < -0.3 is 4.74 Å². The van der Waals surface area contributed by atoms with Crippen molar-refractivity contribution in [3.8, 4) is 5.75 Å². The molecule has 0 spiro atoms. The standard InChI is InChI=1S/C27H22N2O3/c1-19-7-2-4-11-24(19)27(31)32-23-15-13-20(14-16-23)18-28-29-26(30)17-22-10-6-9-21-8-3-5-12-25(21)22/h2-16,18H,17H2,1H3,(H,29,30). The monoisotopic (exact) mass is 422 g/mol. The number of ether oxygens (including phenoxy) is 1. The van der Waals surface area contributed by atoms with Crippen LogP contribution in [0.4, 0.5) is 0 Å². The maximum atomic E-state index is 12.3. The number of nitrogens with zero attached hydrogens (tertiary/aromatic N) is 1. The quantitative estimate of drug-likeness (QED) is 0.204. The smallest absolute Gasteiger partial charge is 0.343 e. The molecule has 0 fully saturated rings. The fourth-order valence-electron chi connectivity index (χ4n) is 3.42. The van der Waals surface area contributed by atoms with Gasteiger partial charge in [0.05, 0.1) is 18.2 Å². The summed E-state index contributed by atoms with van der Waals surface area (Å²) in [6, 6.07) is 28.1. The Hall–Kier alpha value is -4.25. The van der Waals surface area contributed by atoms with E-state index < -0.39 is 5.97 Å². The van der Waals surface area contributed by atoms with Crippen molar-refractivity contribution < 1.29 is 14.3 Å². The second kappa shape index (κ2) is 9.71. The van der Waals surface area contributed by atoms with Crippen LogP contribution in [0.3, 0.4) is 0 Å². The molecule has 0 saturated heterocycles. The lowest BCUT2D eigenvalue weighted by Crippen LogP contribution is -2.19. The van der Waals surface area contributed by atoms with Crippen LogP contribution in [0.5, 0.6) is 5.75 Å². The molecule has 4 aromatic rings. The Morgan fingerprint density at radius 2 is 1.59 bits per heavy atom. The van der Waals surface area contributed by atoms with Gasteiger partial charge in [-0.1, -0.05) is 60.7 Å². The van der Waals surface area contributed by atoms with E-state index in [1.165, 1.54) is 0 Å². The van der Waals surface area contributed by atoms with Crippen molar-refractivity contribution in [1.82, 2.24) is 5.43 Å². The second-order valence-corrected chi connectivity index (χ2v) is 7.38. The van der Waals surface area contributed by atoms with Gasteiger partial charge in [-0.05, 0) is 64.7 Å². The number of carbonyl (C=O) groups is 2. The average molecular weight is 422 g/mol. The van der Waals surface area contributed by atoms with Crippen LogP contribution in [0.25, 0.3) is 10.8 Å². The molecule has 0 aromatic heterocycles. The summed E-state index contributed by atoms with van der Waals surface area (Å²) in [4.78, 5) is 24.6. The highest BCUT2D eigenvalue weighted by molar-refractivity contribution is 5.93. The average Bonchev–Trinajstić information content (AvgIpc) is 2.81. The molecule has 158 valence electrons. The normalized spacial score (nSPS) is 10.9. The number of fused-ring (bicyclic) bond motifs is 1. The third kappa shape index (κ3) is 5.08. The molecule has 4 aromatic carbocycles. The number of rotatable bonds is 6. The van der Waals surface area contributed by atoms with Crippen LogP contribution < -0.4 is 10.2 Å². The molecule has 0 saturated carbocycles. The summed E-state index contributed by atoms with van der Waals surface area (Å²) in [5.41, 5.74) is 5.68. The van der Waals surface area contributed by atoms with Crippen LogP contribution in [0.15, 0.2) is 96.1 Å². The summed E-state index contributed by atoms with van der Waals surface area (Å²) in [6.07, 6.45) is 1.79. The molecular formula is C27H22N2O3. The van der Waals surface area contributed by atoms with Crippen molar-refractivity contribution in [3.63, 3.8) is 0 Å². The number of hydrogen-bond acceptors (Lipinski definition) is 4. The number of benzene rings is 4. The topological polar surface area (TPSA) is 67.8 Å². The van der Waals surface area contributed by atoms with Crippen LogP contribution in [0.1, 0.15) is 27.0 Å². The fourth-order valence-corrected chi connectivity index (χ4v) is 3.42. The summed E-state index contributed by atoms with van der Waals surface area (Å²) >= 11 is 0. The molecule has 0 radical (unpaired) electrons. The van der Waals surface area contributed by atoms with Crippen molar-refractivity contribution in [3.05, 3.63) is 113 Å². The van der Waals surface area contributed by atoms with Gasteiger partial charge in [-0.3, -0.25) is 4.79 Å². The predicted octanol–water partition coefficient (Wildman–Crippen LogP) is 5.06. The van der Waals surface area contributed by atoms with Gasteiger partial charge in [-0.25, -0.2) is 10.2 Å². The van der Waals surface area contributed by atoms with Gasteiger partial charge in [-0.2, -0.15) is 5.10 Å². The van der Waals surface area contributed by atoms with E-state index in [1.807, 2.05) is 61.5 Å². The summed E-state index contributed by atoms with van der Waals surface area (Å²) < 4.78 is 5.43. The van der Waals surface area contributed by atoms with E-state index in [0.717, 1.165) is 27.5 Å². The number of hydrogen-bond donors (Lipinski definition) is 1. The molecule has 4 rings (SSSR count). The van der Waals surface area contributed by atoms with Crippen molar-refractivity contribution in [2.45, 2.75) is 13.3 Å². The summed E-state index contributed by atoms with van der Waals surface area (Å²) in [5, 5.41) is 6.20. The Bertz CT molecular complexity index is 1290. The number of esters is 1. The molecule has 0 aliphatic rings. The Morgan fingerprint density at radius 3 is 2.41 bits per heavy atom. The number of nitrogens with one attached hydrogen (secondary N) is 1. The van der Waals surface area contributed by atoms with Gasteiger partial charge in [-0.15, -0.1) is 0 Å². The first-order valence-corrected chi connectivity index (χ1v) is 10.3. The first-order valence-electron chi connectivity index (χ1n) is 10.3. The summed E-state index contributed by atoms with van der Waals surface area (Å²) in [7, 11) is 0. The van der Waals surface area contributed by atoms with Gasteiger partial charge in [0.1, 0.15) is 5.75 Å². The van der Waals surface area contributed by atoms with Gasteiger partial charge in [0, 0.05) is 0 Å². The van der Waals surface area contributed by atoms with Gasteiger partial charge in [0.15, 0.2) is 0 Å². The zero-order chi connectivity index (χ0) is 22.3. The lowest BCUT2D eigenvalue weighted by Gasteiger charge is -2.07. The van der Waals surface area contributed by atoms with Crippen molar-refractivity contribution in [1.29, 1.82) is 0 Å². The molecule has 0 aliphatic heterocycles. The minimum Gasteiger partial charge on any atom is -0.423 e. The van der Waals surface area contributed by atoms with Crippen LogP contribution in [-0.2, 0) is 11.2 Å². The fraction of sp³-hybridized carbons (Fsp3) is 0.0741. The van der Waals surface area contributed by atoms with Crippen molar-refractivity contribution >= 4 is 28.9 Å². The third-order valence-electron chi connectivity index (χ3n) is 5.09. The maximum Gasteiger partial charge on any atom is 0.343 e. The number of carbonyl (C=O) groups excluding carboxylic acids is 2. The molecule has 0 atom stereocenters. The van der Waals surface area contributed by atoms with E-state index in [-0.39, 0.29) is 12.3 Å². The van der Waals surface area contributed by atoms with Gasteiger partial charge in [0.2, 0.25) is 5.91 Å². The van der Waals surface area contributed by atoms with E-state index in [2.05, 4.69) is 10.5 Å². The summed E-state index contributed by atoms with van der Waals surface area (Å²) in [6.45, 7) is 1.87. The molecule has 0 heterocycles. The minimum atomic E-state index is -0.398. The highest BCUT2D eigenvalue weighted by Crippen LogP contribution is 2.19. The number of amides is 1. The molecule has 1 amide bonds. The van der Waals surface area contributed by atoms with Crippen LogP contribution in [0, 0.1) is 6.92 Å². The SMILES string of the molecule is Cc1ccccc1C(=O)Oc1ccc(C=NNC(=O)Cc2cccc3ccccc23)cc1. The van der Waals surface area contributed by atoms with Crippen LogP contribution in [-0.4, -0.2) is 18.1 Å². The Morgan fingerprint density at radius 1 is 0.875 bits per heavy atom. The largest absolute Gasteiger partial charge is 0.423 e. The van der Waals surface area contributed by atoms with E-state index in [0.29, 0.717) is 11.3 Å². The van der Waals surface area contributed by atoms with Crippen molar-refractivity contribution in [2.75, 3.05) is 0 Å². The van der Waals surface area contributed by atoms with E-state index >= 15 is 0 Å². The molecule has 0 bridgehead atoms.